The van der Waals surface area contributed by atoms with Gasteiger partial charge in [-0.15, -0.1) is 0 Å². The molecule has 0 aliphatic rings. The lowest BCUT2D eigenvalue weighted by atomic mass is 10.3. The summed E-state index contributed by atoms with van der Waals surface area (Å²) in [5.41, 5.74) is 0.474. The molecule has 13 heavy (non-hydrogen) atoms. The number of aromatic amines is 1. The van der Waals surface area contributed by atoms with Crippen LogP contribution in [0.1, 0.15) is 19.4 Å². The molecule has 0 saturated carbocycles. The third-order valence-corrected chi connectivity index (χ3v) is 1.57. The Hall–Kier alpha value is -1.41. The van der Waals surface area contributed by atoms with Gasteiger partial charge < -0.3 is 10.3 Å². The van der Waals surface area contributed by atoms with Gasteiger partial charge in [0.15, 0.2) is 4.77 Å². The van der Waals surface area contributed by atoms with Crippen molar-refractivity contribution in [3.63, 3.8) is 0 Å². The van der Waals surface area contributed by atoms with E-state index >= 15 is 0 Å². The standard InChI is InChI=1S/C8H10N4S/c1-5(2)11-7-6(3-9)4-10-8(13)12-7/h4-5H,1-2H3,(H2,10,11,12,13). The van der Waals surface area contributed by atoms with E-state index in [1.54, 1.807) is 0 Å². The molecule has 0 amide bonds. The van der Waals surface area contributed by atoms with Crippen molar-refractivity contribution in [2.75, 3.05) is 5.32 Å². The van der Waals surface area contributed by atoms with E-state index in [4.69, 9.17) is 17.5 Å². The molecule has 0 atom stereocenters. The minimum absolute atomic E-state index is 0.250. The molecule has 1 aromatic heterocycles. The molecule has 0 aliphatic carbocycles. The smallest absolute Gasteiger partial charge is 0.198 e. The maximum atomic E-state index is 8.74. The van der Waals surface area contributed by atoms with Gasteiger partial charge in [0.25, 0.3) is 0 Å². The van der Waals surface area contributed by atoms with Crippen molar-refractivity contribution in [1.82, 2.24) is 9.97 Å². The quantitative estimate of drug-likeness (QED) is 0.705. The maximum Gasteiger partial charge on any atom is 0.198 e. The van der Waals surface area contributed by atoms with Crippen LogP contribution in [0.2, 0.25) is 0 Å². The van der Waals surface area contributed by atoms with Crippen molar-refractivity contribution in [3.05, 3.63) is 16.5 Å². The fraction of sp³-hybridized carbons (Fsp3) is 0.375. The first-order chi connectivity index (χ1) is 6.13. The molecule has 0 radical (unpaired) electrons. The SMILES string of the molecule is CC(C)Nc1[nH]c(=S)ncc1C#N. The second-order valence-electron chi connectivity index (χ2n) is 2.89. The number of hydrogen-bond acceptors (Lipinski definition) is 4. The molecular formula is C8H10N4S. The van der Waals surface area contributed by atoms with E-state index in [1.165, 1.54) is 6.20 Å². The topological polar surface area (TPSA) is 64.5 Å². The number of aromatic nitrogens is 2. The third-order valence-electron chi connectivity index (χ3n) is 1.37. The van der Waals surface area contributed by atoms with Crippen LogP contribution in [0.15, 0.2) is 6.20 Å². The van der Waals surface area contributed by atoms with E-state index in [9.17, 15) is 0 Å². The largest absolute Gasteiger partial charge is 0.368 e. The number of anilines is 1. The fourth-order valence-electron chi connectivity index (χ4n) is 0.882. The van der Waals surface area contributed by atoms with Crippen molar-refractivity contribution in [3.8, 4) is 6.07 Å². The molecule has 0 bridgehead atoms. The van der Waals surface area contributed by atoms with Crippen LogP contribution < -0.4 is 5.32 Å². The maximum absolute atomic E-state index is 8.74. The van der Waals surface area contributed by atoms with Crippen LogP contribution in [0.25, 0.3) is 0 Å². The van der Waals surface area contributed by atoms with Crippen molar-refractivity contribution in [2.45, 2.75) is 19.9 Å². The number of nitriles is 1. The highest BCUT2D eigenvalue weighted by Crippen LogP contribution is 2.09. The first kappa shape index (κ1) is 9.68. The Morgan fingerprint density at radius 1 is 1.69 bits per heavy atom. The second-order valence-corrected chi connectivity index (χ2v) is 3.27. The van der Waals surface area contributed by atoms with Gasteiger partial charge in [-0.05, 0) is 26.1 Å². The van der Waals surface area contributed by atoms with Crippen LogP contribution in [0, 0.1) is 16.1 Å². The molecule has 1 heterocycles. The Balaban J connectivity index is 3.10. The normalized spacial score (nSPS) is 9.69. The summed E-state index contributed by atoms with van der Waals surface area (Å²) in [4.78, 5) is 6.64. The summed E-state index contributed by atoms with van der Waals surface area (Å²) >= 11 is 4.84. The number of H-pyrrole nitrogens is 1. The summed E-state index contributed by atoms with van der Waals surface area (Å²) < 4.78 is 0.377. The number of nitrogens with one attached hydrogen (secondary N) is 2. The molecule has 4 nitrogen and oxygen atoms in total. The Morgan fingerprint density at radius 2 is 2.38 bits per heavy atom. The van der Waals surface area contributed by atoms with Crippen LogP contribution in [-0.4, -0.2) is 16.0 Å². The van der Waals surface area contributed by atoms with Gasteiger partial charge in [-0.3, -0.25) is 0 Å². The van der Waals surface area contributed by atoms with Crippen LogP contribution in [0.3, 0.4) is 0 Å². The average Bonchev–Trinajstić information content (AvgIpc) is 2.03. The van der Waals surface area contributed by atoms with Gasteiger partial charge in [-0.1, -0.05) is 0 Å². The zero-order valence-corrected chi connectivity index (χ0v) is 8.27. The minimum Gasteiger partial charge on any atom is -0.368 e. The minimum atomic E-state index is 0.250. The first-order valence-corrected chi connectivity index (χ1v) is 4.30. The van der Waals surface area contributed by atoms with Gasteiger partial charge in [-0.2, -0.15) is 5.26 Å². The number of hydrogen-bond donors (Lipinski definition) is 2. The predicted octanol–water partition coefficient (Wildman–Crippen LogP) is 1.83. The van der Waals surface area contributed by atoms with Crippen molar-refractivity contribution >= 4 is 18.0 Å². The van der Waals surface area contributed by atoms with Gasteiger partial charge in [0.05, 0.1) is 6.20 Å². The molecule has 0 aliphatic heterocycles. The fourth-order valence-corrected chi connectivity index (χ4v) is 1.04. The lowest BCUT2D eigenvalue weighted by molar-refractivity contribution is 0.883. The van der Waals surface area contributed by atoms with Crippen molar-refractivity contribution < 1.29 is 0 Å². The monoisotopic (exact) mass is 194 g/mol. The average molecular weight is 194 g/mol. The summed E-state index contributed by atoms with van der Waals surface area (Å²) in [5, 5.41) is 11.8. The highest BCUT2D eigenvalue weighted by atomic mass is 32.1. The van der Waals surface area contributed by atoms with E-state index in [1.807, 2.05) is 19.9 Å². The van der Waals surface area contributed by atoms with E-state index in [2.05, 4.69) is 15.3 Å². The first-order valence-electron chi connectivity index (χ1n) is 3.89. The molecule has 0 spiro atoms. The van der Waals surface area contributed by atoms with E-state index in [-0.39, 0.29) is 6.04 Å². The summed E-state index contributed by atoms with van der Waals surface area (Å²) in [5.74, 6) is 0.637. The van der Waals surface area contributed by atoms with E-state index in [0.29, 0.717) is 16.2 Å². The van der Waals surface area contributed by atoms with Crippen LogP contribution >= 0.6 is 12.2 Å². The Kier molecular flexibility index (Phi) is 2.98. The lowest BCUT2D eigenvalue weighted by Crippen LogP contribution is -2.12. The van der Waals surface area contributed by atoms with Crippen LogP contribution in [0.5, 0.6) is 0 Å². The Bertz CT molecular complexity index is 388. The van der Waals surface area contributed by atoms with Gasteiger partial charge in [-0.25, -0.2) is 4.98 Å². The molecule has 1 rings (SSSR count). The van der Waals surface area contributed by atoms with Gasteiger partial charge >= 0.3 is 0 Å². The number of rotatable bonds is 2. The summed E-state index contributed by atoms with van der Waals surface area (Å²) in [7, 11) is 0. The van der Waals surface area contributed by atoms with Crippen molar-refractivity contribution in [1.29, 1.82) is 5.26 Å². The van der Waals surface area contributed by atoms with E-state index in [0.717, 1.165) is 0 Å². The van der Waals surface area contributed by atoms with Crippen molar-refractivity contribution in [2.24, 2.45) is 0 Å². The molecule has 0 unspecified atom stereocenters. The van der Waals surface area contributed by atoms with Gasteiger partial charge in [0.1, 0.15) is 17.5 Å². The molecular weight excluding hydrogens is 184 g/mol. The Morgan fingerprint density at radius 3 is 2.92 bits per heavy atom. The third kappa shape index (κ3) is 2.53. The van der Waals surface area contributed by atoms with Crippen LogP contribution in [0.4, 0.5) is 5.82 Å². The zero-order valence-electron chi connectivity index (χ0n) is 7.46. The second kappa shape index (κ2) is 4.01. The predicted molar refractivity (Wildman–Crippen MR) is 52.9 cm³/mol. The van der Waals surface area contributed by atoms with E-state index < -0.39 is 0 Å². The number of nitrogens with zero attached hydrogens (tertiary/aromatic N) is 2. The highest BCUT2D eigenvalue weighted by Gasteiger charge is 2.02. The highest BCUT2D eigenvalue weighted by molar-refractivity contribution is 7.71. The van der Waals surface area contributed by atoms with Gasteiger partial charge in [0, 0.05) is 6.04 Å². The van der Waals surface area contributed by atoms with Gasteiger partial charge in [0.2, 0.25) is 0 Å². The summed E-state index contributed by atoms with van der Waals surface area (Å²) in [6.45, 7) is 3.97. The molecule has 5 heteroatoms. The molecule has 2 N–H and O–H groups in total. The lowest BCUT2D eigenvalue weighted by Gasteiger charge is -2.10. The molecule has 0 saturated heterocycles. The Labute approximate surface area is 81.6 Å². The zero-order chi connectivity index (χ0) is 9.84. The summed E-state index contributed by atoms with van der Waals surface area (Å²) in [6, 6.07) is 2.28. The molecule has 1 aromatic rings. The summed E-state index contributed by atoms with van der Waals surface area (Å²) in [6.07, 6.45) is 1.46. The molecule has 68 valence electrons. The molecule has 0 aromatic carbocycles. The molecule has 0 fully saturated rings. The van der Waals surface area contributed by atoms with Crippen LogP contribution in [-0.2, 0) is 0 Å².